The average molecular weight is 236 g/mol. The van der Waals surface area contributed by atoms with Gasteiger partial charge < -0.3 is 4.74 Å². The van der Waals surface area contributed by atoms with Gasteiger partial charge in [0.25, 0.3) is 0 Å². The summed E-state index contributed by atoms with van der Waals surface area (Å²) in [5, 5.41) is 0. The van der Waals surface area contributed by atoms with Gasteiger partial charge in [0.2, 0.25) is 0 Å². The smallest absolute Gasteiger partial charge is 0.120 e. The van der Waals surface area contributed by atoms with E-state index < -0.39 is 0 Å². The number of ether oxygens (including phenoxy) is 1. The molecular formula is C14H24OSi. The fourth-order valence-electron chi connectivity index (χ4n) is 1.66. The molecular weight excluding hydrogens is 212 g/mol. The molecule has 0 saturated carbocycles. The first kappa shape index (κ1) is 13.3. The third-order valence-electron chi connectivity index (χ3n) is 2.42. The van der Waals surface area contributed by atoms with Crippen molar-refractivity contribution < 1.29 is 4.74 Å². The van der Waals surface area contributed by atoms with Crippen molar-refractivity contribution in [2.75, 3.05) is 0 Å². The Morgan fingerprint density at radius 2 is 1.75 bits per heavy atom. The number of rotatable bonds is 5. The summed E-state index contributed by atoms with van der Waals surface area (Å²) in [6.07, 6.45) is 2.57. The molecule has 0 amide bonds. The van der Waals surface area contributed by atoms with Crippen LogP contribution in [0.15, 0.2) is 24.3 Å². The zero-order valence-electron chi connectivity index (χ0n) is 11.0. The van der Waals surface area contributed by atoms with E-state index in [2.05, 4.69) is 51.6 Å². The molecule has 90 valence electrons. The molecule has 0 radical (unpaired) electrons. The quantitative estimate of drug-likeness (QED) is 0.562. The average Bonchev–Trinajstić information content (AvgIpc) is 2.19. The van der Waals surface area contributed by atoms with Gasteiger partial charge in [-0.2, -0.15) is 0 Å². The van der Waals surface area contributed by atoms with E-state index in [4.69, 9.17) is 4.74 Å². The Kier molecular flexibility index (Phi) is 5.06. The number of aryl methyl sites for hydroxylation is 1. The number of hydrogen-bond acceptors (Lipinski definition) is 1. The van der Waals surface area contributed by atoms with Crippen LogP contribution in [-0.4, -0.2) is 15.1 Å². The summed E-state index contributed by atoms with van der Waals surface area (Å²) in [4.78, 5) is 0. The van der Waals surface area contributed by atoms with Crippen molar-refractivity contribution in [3.63, 3.8) is 0 Å². The molecule has 0 aliphatic heterocycles. The van der Waals surface area contributed by atoms with E-state index in [1.807, 2.05) is 0 Å². The highest BCUT2D eigenvalue weighted by Crippen LogP contribution is 2.19. The monoisotopic (exact) mass is 236 g/mol. The van der Waals surface area contributed by atoms with E-state index in [-0.39, 0.29) is 15.1 Å². The van der Waals surface area contributed by atoms with Crippen molar-refractivity contribution in [2.45, 2.75) is 51.8 Å². The summed E-state index contributed by atoms with van der Waals surface area (Å²) in [5.41, 5.74) is 1.33. The predicted molar refractivity (Wildman–Crippen MR) is 74.4 cm³/mol. The second-order valence-electron chi connectivity index (χ2n) is 5.32. The molecule has 0 N–H and O–H groups in total. The van der Waals surface area contributed by atoms with Crippen LogP contribution in [0.2, 0.25) is 12.6 Å². The Morgan fingerprint density at radius 1 is 1.12 bits per heavy atom. The minimum Gasteiger partial charge on any atom is -0.488 e. The van der Waals surface area contributed by atoms with Crippen molar-refractivity contribution in [1.29, 1.82) is 0 Å². The lowest BCUT2D eigenvalue weighted by Crippen LogP contribution is -2.22. The molecule has 0 unspecified atom stereocenters. The van der Waals surface area contributed by atoms with E-state index in [1.165, 1.54) is 24.4 Å². The van der Waals surface area contributed by atoms with Gasteiger partial charge >= 0.3 is 0 Å². The lowest BCUT2D eigenvalue weighted by atomic mass is 10.1. The molecule has 1 nitrogen and oxygen atoms in total. The summed E-state index contributed by atoms with van der Waals surface area (Å²) >= 11 is 0. The number of benzene rings is 1. The largest absolute Gasteiger partial charge is 0.488 e. The first-order valence-electron chi connectivity index (χ1n) is 6.29. The second-order valence-corrected chi connectivity index (χ2v) is 7.02. The SMILES string of the molecule is C[SiH2]CCCc1ccc(OC(C)(C)C)cc1. The van der Waals surface area contributed by atoms with Crippen LogP contribution in [0.3, 0.4) is 0 Å². The highest BCUT2D eigenvalue weighted by molar-refractivity contribution is 6.33. The molecule has 1 aromatic rings. The van der Waals surface area contributed by atoms with Gasteiger partial charge in [-0.3, -0.25) is 0 Å². The Labute approximate surface area is 102 Å². The molecule has 0 saturated heterocycles. The molecule has 0 bridgehead atoms. The van der Waals surface area contributed by atoms with Crippen LogP contribution in [0.1, 0.15) is 32.8 Å². The normalized spacial score (nSPS) is 12.2. The molecule has 0 heterocycles. The van der Waals surface area contributed by atoms with Crippen LogP contribution in [-0.2, 0) is 6.42 Å². The zero-order valence-corrected chi connectivity index (χ0v) is 12.5. The Balaban J connectivity index is 2.48. The van der Waals surface area contributed by atoms with Gasteiger partial charge in [0, 0.05) is 9.52 Å². The molecule has 0 atom stereocenters. The molecule has 0 spiro atoms. The van der Waals surface area contributed by atoms with Gasteiger partial charge in [-0.05, 0) is 44.9 Å². The van der Waals surface area contributed by atoms with E-state index in [0.717, 1.165) is 5.75 Å². The van der Waals surface area contributed by atoms with Crippen molar-refractivity contribution in [3.05, 3.63) is 29.8 Å². The van der Waals surface area contributed by atoms with Crippen molar-refractivity contribution >= 4 is 9.52 Å². The Hall–Kier alpha value is -0.763. The van der Waals surface area contributed by atoms with Crippen LogP contribution >= 0.6 is 0 Å². The minimum absolute atomic E-state index is 0.102. The molecule has 16 heavy (non-hydrogen) atoms. The van der Waals surface area contributed by atoms with Crippen LogP contribution in [0.25, 0.3) is 0 Å². The van der Waals surface area contributed by atoms with Crippen molar-refractivity contribution in [2.24, 2.45) is 0 Å². The van der Waals surface area contributed by atoms with E-state index in [0.29, 0.717) is 0 Å². The second kappa shape index (κ2) is 6.09. The summed E-state index contributed by atoms with van der Waals surface area (Å²) < 4.78 is 5.79. The Bertz CT molecular complexity index is 298. The molecule has 0 aliphatic rings. The lowest BCUT2D eigenvalue weighted by molar-refractivity contribution is 0.131. The molecule has 0 fully saturated rings. The maximum Gasteiger partial charge on any atom is 0.120 e. The van der Waals surface area contributed by atoms with Gasteiger partial charge in [0.1, 0.15) is 11.4 Å². The van der Waals surface area contributed by atoms with E-state index in [9.17, 15) is 0 Å². The van der Waals surface area contributed by atoms with Crippen LogP contribution < -0.4 is 4.74 Å². The molecule has 2 heteroatoms. The fourth-order valence-corrected chi connectivity index (χ4v) is 2.41. The summed E-state index contributed by atoms with van der Waals surface area (Å²) in [6, 6.07) is 10.0. The van der Waals surface area contributed by atoms with Crippen molar-refractivity contribution in [3.8, 4) is 5.75 Å². The third kappa shape index (κ3) is 5.36. The number of hydrogen-bond donors (Lipinski definition) is 0. The maximum absolute atomic E-state index is 5.79. The lowest BCUT2D eigenvalue weighted by Gasteiger charge is -2.21. The van der Waals surface area contributed by atoms with Gasteiger partial charge in [-0.25, -0.2) is 0 Å². The topological polar surface area (TPSA) is 9.23 Å². The Morgan fingerprint density at radius 3 is 2.25 bits per heavy atom. The van der Waals surface area contributed by atoms with Gasteiger partial charge in [0.15, 0.2) is 0 Å². The molecule has 0 aromatic heterocycles. The maximum atomic E-state index is 5.79. The van der Waals surface area contributed by atoms with Crippen LogP contribution in [0, 0.1) is 0 Å². The summed E-state index contributed by atoms with van der Waals surface area (Å²) in [5.74, 6) is 0.973. The predicted octanol–water partition coefficient (Wildman–Crippen LogP) is 3.43. The van der Waals surface area contributed by atoms with E-state index >= 15 is 0 Å². The molecule has 1 rings (SSSR count). The van der Waals surface area contributed by atoms with Gasteiger partial charge in [0.05, 0.1) is 0 Å². The first-order valence-corrected chi connectivity index (χ1v) is 8.70. The van der Waals surface area contributed by atoms with Gasteiger partial charge in [-0.15, -0.1) is 0 Å². The molecule has 1 aromatic carbocycles. The standard InChI is InChI=1S/C14H24OSi/c1-14(2,3)15-13-9-7-12(8-10-13)6-5-11-16-4/h7-10H,5-6,11,16H2,1-4H3. The molecule has 0 aliphatic carbocycles. The third-order valence-corrected chi connectivity index (χ3v) is 3.62. The highest BCUT2D eigenvalue weighted by Gasteiger charge is 2.11. The first-order chi connectivity index (χ1) is 7.51. The fraction of sp³-hybridized carbons (Fsp3) is 0.571. The highest BCUT2D eigenvalue weighted by atomic mass is 28.2. The zero-order chi connectivity index (χ0) is 12.0. The van der Waals surface area contributed by atoms with Crippen LogP contribution in [0.4, 0.5) is 0 Å². The summed E-state index contributed by atoms with van der Waals surface area (Å²) in [6.45, 7) is 8.60. The van der Waals surface area contributed by atoms with E-state index in [1.54, 1.807) is 0 Å². The summed E-state index contributed by atoms with van der Waals surface area (Å²) in [7, 11) is 0.243. The van der Waals surface area contributed by atoms with Gasteiger partial charge in [-0.1, -0.05) is 31.1 Å². The minimum atomic E-state index is -0.102. The van der Waals surface area contributed by atoms with Crippen LogP contribution in [0.5, 0.6) is 5.75 Å². The van der Waals surface area contributed by atoms with Crippen molar-refractivity contribution in [1.82, 2.24) is 0 Å².